The number of halogens is 1. The molecule has 0 unspecified atom stereocenters. The average molecular weight is 293 g/mol. The zero-order chi connectivity index (χ0) is 13.7. The van der Waals surface area contributed by atoms with Crippen LogP contribution in [0.3, 0.4) is 0 Å². The van der Waals surface area contributed by atoms with Crippen molar-refractivity contribution in [3.63, 3.8) is 0 Å². The van der Waals surface area contributed by atoms with Crippen LogP contribution in [0.2, 0.25) is 0 Å². The molecule has 0 saturated heterocycles. The fourth-order valence-electron chi connectivity index (χ4n) is 2.00. The molecule has 0 fully saturated rings. The second-order valence-corrected chi connectivity index (χ2v) is 4.16. The van der Waals surface area contributed by atoms with Crippen molar-refractivity contribution >= 4 is 18.4 Å². The van der Waals surface area contributed by atoms with Crippen LogP contribution in [0.5, 0.6) is 0 Å². The van der Waals surface area contributed by atoms with Gasteiger partial charge >= 0.3 is 5.97 Å². The van der Waals surface area contributed by atoms with Gasteiger partial charge in [-0.15, -0.1) is 12.4 Å². The molecule has 2 aromatic rings. The first kappa shape index (κ1) is 16.2. The molecule has 106 valence electrons. The van der Waals surface area contributed by atoms with Gasteiger partial charge in [-0.3, -0.25) is 0 Å². The summed E-state index contributed by atoms with van der Waals surface area (Å²) in [5, 5.41) is 10.9. The normalized spacial score (nSPS) is 10.5. The number of ether oxygens (including phenoxy) is 1. The Labute approximate surface area is 124 Å². The second kappa shape index (κ2) is 7.08. The number of aliphatic hydroxyl groups is 1. The summed E-state index contributed by atoms with van der Waals surface area (Å²) in [6.45, 7) is 1.94. The maximum Gasteiger partial charge on any atom is 0.347 e. The lowest BCUT2D eigenvalue weighted by Gasteiger charge is -2.26. The van der Waals surface area contributed by atoms with Gasteiger partial charge in [0, 0.05) is 0 Å². The van der Waals surface area contributed by atoms with Crippen LogP contribution in [0.25, 0.3) is 0 Å². The summed E-state index contributed by atoms with van der Waals surface area (Å²) in [4.78, 5) is 12.2. The highest BCUT2D eigenvalue weighted by Gasteiger charge is 2.41. The molecule has 0 aliphatic carbocycles. The third-order valence-electron chi connectivity index (χ3n) is 2.95. The fourth-order valence-corrected chi connectivity index (χ4v) is 2.00. The van der Waals surface area contributed by atoms with Gasteiger partial charge in [-0.05, 0) is 18.1 Å². The van der Waals surface area contributed by atoms with Crippen molar-refractivity contribution in [1.29, 1.82) is 0 Å². The molecule has 0 heterocycles. The SMILES string of the molecule is CCOC(=O)C(O)(c1ccccc1)c1ccccc1.Cl. The first-order valence-corrected chi connectivity index (χ1v) is 6.20. The summed E-state index contributed by atoms with van der Waals surface area (Å²) in [5.41, 5.74) is -0.766. The molecule has 2 aromatic carbocycles. The minimum Gasteiger partial charge on any atom is -0.463 e. The fraction of sp³-hybridized carbons (Fsp3) is 0.188. The van der Waals surface area contributed by atoms with Crippen molar-refractivity contribution in [3.8, 4) is 0 Å². The predicted molar refractivity (Wildman–Crippen MR) is 79.8 cm³/mol. The van der Waals surface area contributed by atoms with E-state index in [0.29, 0.717) is 11.1 Å². The standard InChI is InChI=1S/C16H16O3.ClH/c1-2-19-15(17)16(18,13-9-5-3-6-10-13)14-11-7-4-8-12-14;/h3-12,18H,2H2,1H3;1H. The van der Waals surface area contributed by atoms with Gasteiger partial charge in [0.2, 0.25) is 5.60 Å². The van der Waals surface area contributed by atoms with Crippen LogP contribution in [0.4, 0.5) is 0 Å². The molecular weight excluding hydrogens is 276 g/mol. The van der Waals surface area contributed by atoms with Gasteiger partial charge in [0.15, 0.2) is 0 Å². The van der Waals surface area contributed by atoms with Gasteiger partial charge in [0.05, 0.1) is 6.61 Å². The van der Waals surface area contributed by atoms with E-state index in [2.05, 4.69) is 0 Å². The van der Waals surface area contributed by atoms with Gasteiger partial charge in [0.1, 0.15) is 0 Å². The lowest BCUT2D eigenvalue weighted by molar-refractivity contribution is -0.161. The number of carbonyl (C=O) groups is 1. The number of benzene rings is 2. The molecule has 20 heavy (non-hydrogen) atoms. The van der Waals surface area contributed by atoms with E-state index >= 15 is 0 Å². The van der Waals surface area contributed by atoms with Gasteiger partial charge in [-0.25, -0.2) is 4.79 Å². The van der Waals surface area contributed by atoms with E-state index in [1.165, 1.54) is 0 Å². The van der Waals surface area contributed by atoms with Crippen LogP contribution >= 0.6 is 12.4 Å². The molecule has 0 saturated carbocycles. The predicted octanol–water partition coefficient (Wildman–Crippen LogP) is 2.91. The molecule has 0 aliphatic rings. The Kier molecular flexibility index (Phi) is 5.74. The van der Waals surface area contributed by atoms with E-state index in [0.717, 1.165) is 0 Å². The molecule has 0 aromatic heterocycles. The Bertz CT molecular complexity index is 501. The summed E-state index contributed by atoms with van der Waals surface area (Å²) in [5.74, 6) is -0.660. The van der Waals surface area contributed by atoms with E-state index in [-0.39, 0.29) is 19.0 Å². The van der Waals surface area contributed by atoms with Crippen LogP contribution in [0.1, 0.15) is 18.1 Å². The third-order valence-corrected chi connectivity index (χ3v) is 2.95. The number of hydrogen-bond acceptors (Lipinski definition) is 3. The summed E-state index contributed by atoms with van der Waals surface area (Å²) in [6, 6.07) is 17.6. The largest absolute Gasteiger partial charge is 0.463 e. The Morgan fingerprint density at radius 1 is 1.00 bits per heavy atom. The Morgan fingerprint density at radius 2 is 1.40 bits per heavy atom. The number of esters is 1. The third kappa shape index (κ3) is 3.00. The molecule has 3 nitrogen and oxygen atoms in total. The molecular formula is C16H17ClO3. The quantitative estimate of drug-likeness (QED) is 0.882. The van der Waals surface area contributed by atoms with E-state index in [9.17, 15) is 9.90 Å². The molecule has 1 N–H and O–H groups in total. The Balaban J connectivity index is 0.00000200. The van der Waals surface area contributed by atoms with Gasteiger partial charge < -0.3 is 9.84 Å². The lowest BCUT2D eigenvalue weighted by atomic mass is 9.86. The van der Waals surface area contributed by atoms with E-state index in [4.69, 9.17) is 4.74 Å². The first-order chi connectivity index (χ1) is 9.19. The molecule has 2 rings (SSSR count). The van der Waals surface area contributed by atoms with Crippen molar-refractivity contribution in [2.75, 3.05) is 6.61 Å². The first-order valence-electron chi connectivity index (χ1n) is 6.20. The maximum atomic E-state index is 12.2. The summed E-state index contributed by atoms with van der Waals surface area (Å²) < 4.78 is 5.03. The van der Waals surface area contributed by atoms with Crippen molar-refractivity contribution in [2.45, 2.75) is 12.5 Å². The van der Waals surface area contributed by atoms with E-state index in [1.54, 1.807) is 55.5 Å². The lowest BCUT2D eigenvalue weighted by Crippen LogP contribution is -2.38. The van der Waals surface area contributed by atoms with Crippen LogP contribution in [0.15, 0.2) is 60.7 Å². The molecule has 4 heteroatoms. The minimum absolute atomic E-state index is 0. The van der Waals surface area contributed by atoms with Gasteiger partial charge in [-0.2, -0.15) is 0 Å². The van der Waals surface area contributed by atoms with E-state index < -0.39 is 11.6 Å². The van der Waals surface area contributed by atoms with Gasteiger partial charge in [0.25, 0.3) is 0 Å². The second-order valence-electron chi connectivity index (χ2n) is 4.16. The van der Waals surface area contributed by atoms with Crippen molar-refractivity contribution < 1.29 is 14.6 Å². The topological polar surface area (TPSA) is 46.5 Å². The summed E-state index contributed by atoms with van der Waals surface area (Å²) in [6.07, 6.45) is 0. The van der Waals surface area contributed by atoms with Crippen molar-refractivity contribution in [3.05, 3.63) is 71.8 Å². The van der Waals surface area contributed by atoms with Crippen molar-refractivity contribution in [2.24, 2.45) is 0 Å². The molecule has 0 amide bonds. The monoisotopic (exact) mass is 292 g/mol. The maximum absolute atomic E-state index is 12.2. The highest BCUT2D eigenvalue weighted by Crippen LogP contribution is 2.30. The molecule has 0 radical (unpaired) electrons. The molecule has 0 bridgehead atoms. The van der Waals surface area contributed by atoms with Crippen LogP contribution in [-0.4, -0.2) is 17.7 Å². The smallest absolute Gasteiger partial charge is 0.347 e. The van der Waals surface area contributed by atoms with Gasteiger partial charge in [-0.1, -0.05) is 60.7 Å². The zero-order valence-corrected chi connectivity index (χ0v) is 12.0. The molecule has 0 aliphatic heterocycles. The summed E-state index contributed by atoms with van der Waals surface area (Å²) >= 11 is 0. The highest BCUT2D eigenvalue weighted by molar-refractivity contribution is 5.85. The zero-order valence-electron chi connectivity index (χ0n) is 11.2. The van der Waals surface area contributed by atoms with Crippen molar-refractivity contribution in [1.82, 2.24) is 0 Å². The summed E-state index contributed by atoms with van der Waals surface area (Å²) in [7, 11) is 0. The number of rotatable bonds is 4. The van der Waals surface area contributed by atoms with Crippen LogP contribution in [0, 0.1) is 0 Å². The number of carbonyl (C=O) groups excluding carboxylic acids is 1. The number of hydrogen-bond donors (Lipinski definition) is 1. The highest BCUT2D eigenvalue weighted by atomic mass is 35.5. The minimum atomic E-state index is -1.77. The molecule has 0 spiro atoms. The van der Waals surface area contributed by atoms with Crippen LogP contribution < -0.4 is 0 Å². The molecule has 0 atom stereocenters. The average Bonchev–Trinajstić information content (AvgIpc) is 2.48. The Hall–Kier alpha value is -1.84. The van der Waals surface area contributed by atoms with Crippen LogP contribution in [-0.2, 0) is 15.1 Å². The Morgan fingerprint density at radius 3 is 1.75 bits per heavy atom. The van der Waals surface area contributed by atoms with E-state index in [1.807, 2.05) is 12.1 Å².